The number of carbonyl (C=O) groups is 1. The van der Waals surface area contributed by atoms with Gasteiger partial charge in [0.15, 0.2) is 11.5 Å². The van der Waals surface area contributed by atoms with Crippen LogP contribution in [0.5, 0.6) is 11.5 Å². The third kappa shape index (κ3) is 3.82. The molecule has 0 amide bonds. The van der Waals surface area contributed by atoms with Crippen molar-refractivity contribution in [2.24, 2.45) is 5.92 Å². The van der Waals surface area contributed by atoms with Crippen molar-refractivity contribution in [2.75, 3.05) is 26.1 Å². The molecule has 0 bridgehead atoms. The Morgan fingerprint density at radius 2 is 2.05 bits per heavy atom. The summed E-state index contributed by atoms with van der Waals surface area (Å²) in [4.78, 5) is 11.3. The fourth-order valence-corrected chi connectivity index (χ4v) is 3.55. The Balaban J connectivity index is 1.94. The van der Waals surface area contributed by atoms with Gasteiger partial charge in [-0.2, -0.15) is 11.8 Å². The third-order valence-corrected chi connectivity index (χ3v) is 4.93. The minimum atomic E-state index is -0.168. The average molecular weight is 361 g/mol. The van der Waals surface area contributed by atoms with Gasteiger partial charge in [-0.1, -0.05) is 22.9 Å². The number of halogens is 1. The molecule has 1 aliphatic heterocycles. The van der Waals surface area contributed by atoms with Gasteiger partial charge in [-0.05, 0) is 17.7 Å². The van der Waals surface area contributed by atoms with Gasteiger partial charge in [0.1, 0.15) is 13.2 Å². The van der Waals surface area contributed by atoms with Crippen LogP contribution in [0.2, 0.25) is 0 Å². The molecule has 1 atom stereocenters. The highest BCUT2D eigenvalue weighted by Crippen LogP contribution is 2.37. The third-order valence-electron chi connectivity index (χ3n) is 2.94. The summed E-state index contributed by atoms with van der Waals surface area (Å²) in [6.45, 7) is 3.04. The quantitative estimate of drug-likeness (QED) is 0.754. The molecular formula is C14H17BrO4S. The maximum absolute atomic E-state index is 11.3. The number of ether oxygens (including phenoxy) is 3. The molecule has 20 heavy (non-hydrogen) atoms. The van der Waals surface area contributed by atoms with Gasteiger partial charge in [-0.25, -0.2) is 0 Å². The smallest absolute Gasteiger partial charge is 0.309 e. The molecule has 110 valence electrons. The van der Waals surface area contributed by atoms with E-state index in [4.69, 9.17) is 14.2 Å². The van der Waals surface area contributed by atoms with Crippen LogP contribution in [0.25, 0.3) is 0 Å². The number of hydrogen-bond donors (Lipinski definition) is 0. The van der Waals surface area contributed by atoms with Crippen LogP contribution >= 0.6 is 27.7 Å². The number of thioether (sulfide) groups is 1. The first kappa shape index (κ1) is 15.5. The number of hydrogen-bond acceptors (Lipinski definition) is 5. The Morgan fingerprint density at radius 1 is 1.40 bits per heavy atom. The van der Waals surface area contributed by atoms with Gasteiger partial charge in [0.05, 0.1) is 13.0 Å². The summed E-state index contributed by atoms with van der Waals surface area (Å²) in [5.74, 6) is 2.84. The highest BCUT2D eigenvalue weighted by molar-refractivity contribution is 9.10. The maximum atomic E-state index is 11.3. The first-order valence-electron chi connectivity index (χ1n) is 6.35. The molecule has 0 N–H and O–H groups in total. The van der Waals surface area contributed by atoms with E-state index in [1.165, 1.54) is 7.11 Å². The van der Waals surface area contributed by atoms with Gasteiger partial charge >= 0.3 is 5.97 Å². The van der Waals surface area contributed by atoms with E-state index in [2.05, 4.69) is 15.9 Å². The van der Waals surface area contributed by atoms with Crippen LogP contribution in [0.1, 0.15) is 12.5 Å². The number of carbonyl (C=O) groups excluding carboxylic acids is 1. The largest absolute Gasteiger partial charge is 0.486 e. The first-order valence-corrected chi connectivity index (χ1v) is 8.30. The minimum absolute atomic E-state index is 0.0963. The SMILES string of the molecule is COC(=O)C(C)CSCc1cc2c(cc1Br)OCCO2. The van der Waals surface area contributed by atoms with E-state index in [0.29, 0.717) is 13.2 Å². The zero-order valence-corrected chi connectivity index (χ0v) is 13.9. The molecule has 2 rings (SSSR count). The second kappa shape index (κ2) is 7.22. The number of esters is 1. The predicted octanol–water partition coefficient (Wildman–Crippen LogP) is 3.26. The van der Waals surface area contributed by atoms with Crippen LogP contribution in [0.3, 0.4) is 0 Å². The molecule has 4 nitrogen and oxygen atoms in total. The van der Waals surface area contributed by atoms with Gasteiger partial charge in [-0.15, -0.1) is 0 Å². The van der Waals surface area contributed by atoms with Crippen LogP contribution < -0.4 is 9.47 Å². The van der Waals surface area contributed by atoms with Gasteiger partial charge in [0.2, 0.25) is 0 Å². The molecule has 0 saturated heterocycles. The Morgan fingerprint density at radius 3 is 2.70 bits per heavy atom. The van der Waals surface area contributed by atoms with Crippen molar-refractivity contribution in [2.45, 2.75) is 12.7 Å². The van der Waals surface area contributed by atoms with E-state index in [-0.39, 0.29) is 11.9 Å². The van der Waals surface area contributed by atoms with Crippen LogP contribution in [-0.4, -0.2) is 32.0 Å². The van der Waals surface area contributed by atoms with Crippen LogP contribution in [0.15, 0.2) is 16.6 Å². The van der Waals surface area contributed by atoms with E-state index in [9.17, 15) is 4.79 Å². The molecule has 1 aromatic rings. The molecule has 1 heterocycles. The fourth-order valence-electron chi connectivity index (χ4n) is 1.83. The second-order valence-corrected chi connectivity index (χ2v) is 6.41. The van der Waals surface area contributed by atoms with Crippen molar-refractivity contribution in [3.63, 3.8) is 0 Å². The van der Waals surface area contributed by atoms with E-state index in [1.807, 2.05) is 19.1 Å². The second-order valence-electron chi connectivity index (χ2n) is 4.53. The molecule has 0 aliphatic carbocycles. The van der Waals surface area contributed by atoms with Crippen LogP contribution in [-0.2, 0) is 15.3 Å². The lowest BCUT2D eigenvalue weighted by atomic mass is 10.2. The van der Waals surface area contributed by atoms with Crippen molar-refractivity contribution in [3.8, 4) is 11.5 Å². The van der Waals surface area contributed by atoms with Gasteiger partial charge < -0.3 is 14.2 Å². The summed E-state index contributed by atoms with van der Waals surface area (Å²) in [5, 5.41) is 0. The summed E-state index contributed by atoms with van der Waals surface area (Å²) < 4.78 is 16.8. The molecule has 0 fully saturated rings. The maximum Gasteiger partial charge on any atom is 0.309 e. The summed E-state index contributed by atoms with van der Waals surface area (Å²) >= 11 is 5.24. The molecule has 0 aromatic heterocycles. The van der Waals surface area contributed by atoms with Crippen molar-refractivity contribution in [1.29, 1.82) is 0 Å². The monoisotopic (exact) mass is 360 g/mol. The Kier molecular flexibility index (Phi) is 5.60. The Hall–Kier alpha value is -0.880. The molecule has 1 unspecified atom stereocenters. The molecule has 6 heteroatoms. The summed E-state index contributed by atoms with van der Waals surface area (Å²) in [7, 11) is 1.42. The zero-order chi connectivity index (χ0) is 14.5. The lowest BCUT2D eigenvalue weighted by Crippen LogP contribution is -2.16. The Labute approximate surface area is 131 Å². The van der Waals surface area contributed by atoms with Crippen molar-refractivity contribution in [3.05, 3.63) is 22.2 Å². The van der Waals surface area contributed by atoms with E-state index < -0.39 is 0 Å². The van der Waals surface area contributed by atoms with Crippen LogP contribution in [0, 0.1) is 5.92 Å². The number of methoxy groups -OCH3 is 1. The molecule has 0 saturated carbocycles. The topological polar surface area (TPSA) is 44.8 Å². The average Bonchev–Trinajstić information content (AvgIpc) is 2.46. The molecular weight excluding hydrogens is 344 g/mol. The van der Waals surface area contributed by atoms with Crippen molar-refractivity contribution < 1.29 is 19.0 Å². The van der Waals surface area contributed by atoms with Gasteiger partial charge in [0, 0.05) is 16.0 Å². The molecule has 0 spiro atoms. The standard InChI is InChI=1S/C14H17BrO4S/c1-9(14(16)17-2)7-20-8-10-5-12-13(6-11(10)15)19-4-3-18-12/h5-6,9H,3-4,7-8H2,1-2H3. The van der Waals surface area contributed by atoms with Crippen molar-refractivity contribution in [1.82, 2.24) is 0 Å². The lowest BCUT2D eigenvalue weighted by molar-refractivity contribution is -0.143. The molecule has 1 aromatic carbocycles. The molecule has 1 aliphatic rings. The summed E-state index contributed by atoms with van der Waals surface area (Å²) in [6, 6.07) is 3.93. The first-order chi connectivity index (χ1) is 9.61. The minimum Gasteiger partial charge on any atom is -0.486 e. The number of benzene rings is 1. The number of rotatable bonds is 5. The van der Waals surface area contributed by atoms with Crippen molar-refractivity contribution >= 4 is 33.7 Å². The van der Waals surface area contributed by atoms with Gasteiger partial charge in [0.25, 0.3) is 0 Å². The van der Waals surface area contributed by atoms with E-state index >= 15 is 0 Å². The highest BCUT2D eigenvalue weighted by Gasteiger charge is 2.16. The van der Waals surface area contributed by atoms with E-state index in [1.54, 1.807) is 11.8 Å². The summed E-state index contributed by atoms with van der Waals surface area (Å²) in [6.07, 6.45) is 0. The Bertz CT molecular complexity index is 492. The lowest BCUT2D eigenvalue weighted by Gasteiger charge is -2.20. The number of fused-ring (bicyclic) bond motifs is 1. The fraction of sp³-hybridized carbons (Fsp3) is 0.500. The van der Waals surface area contributed by atoms with E-state index in [0.717, 1.165) is 33.0 Å². The normalized spacial score (nSPS) is 14.8. The highest BCUT2D eigenvalue weighted by atomic mass is 79.9. The van der Waals surface area contributed by atoms with Gasteiger partial charge in [-0.3, -0.25) is 4.79 Å². The molecule has 0 radical (unpaired) electrons. The van der Waals surface area contributed by atoms with Crippen LogP contribution in [0.4, 0.5) is 0 Å². The predicted molar refractivity (Wildman–Crippen MR) is 82.5 cm³/mol. The summed E-state index contributed by atoms with van der Waals surface area (Å²) in [5.41, 5.74) is 1.14. The zero-order valence-electron chi connectivity index (χ0n) is 11.5.